The van der Waals surface area contributed by atoms with Crippen molar-refractivity contribution in [3.05, 3.63) is 64.1 Å². The average Bonchev–Trinajstić information content (AvgIpc) is 2.38. The molecular formula is C15H13BrO. The summed E-state index contributed by atoms with van der Waals surface area (Å²) in [5, 5.41) is 0. The van der Waals surface area contributed by atoms with Crippen LogP contribution in [0.3, 0.4) is 0 Å². The Morgan fingerprint density at radius 2 is 1.47 bits per heavy atom. The van der Waals surface area contributed by atoms with Gasteiger partial charge in [-0.15, -0.1) is 0 Å². The van der Waals surface area contributed by atoms with E-state index < -0.39 is 0 Å². The molecule has 17 heavy (non-hydrogen) atoms. The summed E-state index contributed by atoms with van der Waals surface area (Å²) in [6.07, 6.45) is 4.13. The second-order valence-electron chi connectivity index (χ2n) is 3.60. The molecule has 1 nitrogen and oxygen atoms in total. The van der Waals surface area contributed by atoms with Gasteiger partial charge in [-0.3, -0.25) is 0 Å². The first kappa shape index (κ1) is 11.9. The quantitative estimate of drug-likeness (QED) is 0.749. The van der Waals surface area contributed by atoms with Crippen molar-refractivity contribution in [3.8, 4) is 5.75 Å². The van der Waals surface area contributed by atoms with Crippen LogP contribution in [0.2, 0.25) is 0 Å². The van der Waals surface area contributed by atoms with Gasteiger partial charge in [0.05, 0.1) is 7.11 Å². The molecule has 0 aromatic heterocycles. The average molecular weight is 289 g/mol. The molecule has 0 heterocycles. The summed E-state index contributed by atoms with van der Waals surface area (Å²) < 4.78 is 6.39. The molecule has 86 valence electrons. The van der Waals surface area contributed by atoms with E-state index >= 15 is 0 Å². The summed E-state index contributed by atoms with van der Waals surface area (Å²) >= 11 is 3.52. The normalized spacial score (nSPS) is 10.7. The monoisotopic (exact) mass is 288 g/mol. The first-order valence-electron chi connectivity index (χ1n) is 5.37. The zero-order valence-electron chi connectivity index (χ0n) is 9.56. The summed E-state index contributed by atoms with van der Waals surface area (Å²) in [6.45, 7) is 0. The van der Waals surface area contributed by atoms with Crippen molar-refractivity contribution in [2.75, 3.05) is 7.11 Å². The van der Waals surface area contributed by atoms with Crippen molar-refractivity contribution in [2.45, 2.75) is 0 Å². The molecule has 0 radical (unpaired) electrons. The summed E-state index contributed by atoms with van der Waals surface area (Å²) in [5.41, 5.74) is 2.23. The molecule has 0 spiro atoms. The fourth-order valence-corrected chi connectivity index (χ4v) is 2.01. The highest BCUT2D eigenvalue weighted by molar-refractivity contribution is 9.10. The molecule has 2 aromatic rings. The highest BCUT2D eigenvalue weighted by Gasteiger charge is 1.97. The van der Waals surface area contributed by atoms with Gasteiger partial charge in [0.25, 0.3) is 0 Å². The Labute approximate surface area is 110 Å². The topological polar surface area (TPSA) is 9.23 Å². The maximum atomic E-state index is 5.30. The molecule has 0 N–H and O–H groups in total. The molecule has 2 heteroatoms. The lowest BCUT2D eigenvalue weighted by molar-refractivity contribution is 0.414. The third-order valence-electron chi connectivity index (χ3n) is 2.49. The minimum atomic E-state index is 0.885. The SMILES string of the molecule is COc1ccccc1C=Cc1ccccc1Br. The van der Waals surface area contributed by atoms with E-state index in [9.17, 15) is 0 Å². The Hall–Kier alpha value is -1.54. The molecule has 0 bridgehead atoms. The van der Waals surface area contributed by atoms with Gasteiger partial charge >= 0.3 is 0 Å². The van der Waals surface area contributed by atoms with E-state index in [1.165, 1.54) is 0 Å². The molecule has 0 unspecified atom stereocenters. The number of para-hydroxylation sites is 1. The van der Waals surface area contributed by atoms with Crippen LogP contribution >= 0.6 is 15.9 Å². The number of hydrogen-bond donors (Lipinski definition) is 0. The molecule has 0 aliphatic heterocycles. The van der Waals surface area contributed by atoms with Gasteiger partial charge in [-0.1, -0.05) is 64.5 Å². The third kappa shape index (κ3) is 2.98. The van der Waals surface area contributed by atoms with Crippen LogP contribution in [0.25, 0.3) is 12.2 Å². The number of benzene rings is 2. The Morgan fingerprint density at radius 1 is 0.882 bits per heavy atom. The van der Waals surface area contributed by atoms with Crippen LogP contribution in [-0.2, 0) is 0 Å². The first-order chi connectivity index (χ1) is 8.31. The fraction of sp³-hybridized carbons (Fsp3) is 0.0667. The van der Waals surface area contributed by atoms with E-state index in [-0.39, 0.29) is 0 Å². The van der Waals surface area contributed by atoms with Crippen LogP contribution in [0.5, 0.6) is 5.75 Å². The van der Waals surface area contributed by atoms with E-state index in [1.54, 1.807) is 7.11 Å². The molecule has 2 rings (SSSR count). The molecule has 0 aliphatic carbocycles. The molecule has 0 aliphatic rings. The minimum absolute atomic E-state index is 0.885. The van der Waals surface area contributed by atoms with Crippen LogP contribution < -0.4 is 4.74 Å². The molecular weight excluding hydrogens is 276 g/mol. The summed E-state index contributed by atoms with van der Waals surface area (Å²) in [4.78, 5) is 0. The van der Waals surface area contributed by atoms with Gasteiger partial charge in [-0.05, 0) is 17.7 Å². The predicted octanol–water partition coefficient (Wildman–Crippen LogP) is 4.63. The number of rotatable bonds is 3. The second kappa shape index (κ2) is 5.69. The number of methoxy groups -OCH3 is 1. The highest BCUT2D eigenvalue weighted by atomic mass is 79.9. The zero-order valence-corrected chi connectivity index (χ0v) is 11.1. The number of hydrogen-bond acceptors (Lipinski definition) is 1. The summed E-state index contributed by atoms with van der Waals surface area (Å²) in [7, 11) is 1.69. The first-order valence-corrected chi connectivity index (χ1v) is 6.16. The molecule has 0 saturated carbocycles. The molecule has 0 amide bonds. The highest BCUT2D eigenvalue weighted by Crippen LogP contribution is 2.22. The lowest BCUT2D eigenvalue weighted by atomic mass is 10.1. The van der Waals surface area contributed by atoms with Crippen LogP contribution in [0.1, 0.15) is 11.1 Å². The van der Waals surface area contributed by atoms with E-state index in [4.69, 9.17) is 4.74 Å². The van der Waals surface area contributed by atoms with E-state index in [0.717, 1.165) is 21.3 Å². The van der Waals surface area contributed by atoms with Gasteiger partial charge in [0.15, 0.2) is 0 Å². The maximum absolute atomic E-state index is 5.30. The van der Waals surface area contributed by atoms with E-state index in [0.29, 0.717) is 0 Å². The molecule has 0 saturated heterocycles. The van der Waals surface area contributed by atoms with Crippen molar-refractivity contribution in [1.82, 2.24) is 0 Å². The lowest BCUT2D eigenvalue weighted by Crippen LogP contribution is -1.85. The summed E-state index contributed by atoms with van der Waals surface area (Å²) in [6, 6.07) is 16.1. The van der Waals surface area contributed by atoms with Gasteiger partial charge in [0, 0.05) is 10.0 Å². The van der Waals surface area contributed by atoms with Gasteiger partial charge < -0.3 is 4.74 Å². The predicted molar refractivity (Wildman–Crippen MR) is 76.1 cm³/mol. The smallest absolute Gasteiger partial charge is 0.126 e. The van der Waals surface area contributed by atoms with E-state index in [1.807, 2.05) is 42.5 Å². The molecule has 2 aromatic carbocycles. The Morgan fingerprint density at radius 3 is 2.18 bits per heavy atom. The van der Waals surface area contributed by atoms with Gasteiger partial charge in [0.1, 0.15) is 5.75 Å². The lowest BCUT2D eigenvalue weighted by Gasteiger charge is -2.03. The molecule has 0 atom stereocenters. The van der Waals surface area contributed by atoms with Crippen molar-refractivity contribution >= 4 is 28.1 Å². The second-order valence-corrected chi connectivity index (χ2v) is 4.45. The fourth-order valence-electron chi connectivity index (χ4n) is 1.59. The Balaban J connectivity index is 2.29. The standard InChI is InChI=1S/C15H13BrO/c1-17-15-9-5-3-7-13(15)11-10-12-6-2-4-8-14(12)16/h2-11H,1H3. The Kier molecular flexibility index (Phi) is 3.99. The van der Waals surface area contributed by atoms with Crippen LogP contribution in [0.4, 0.5) is 0 Å². The third-order valence-corrected chi connectivity index (χ3v) is 3.21. The van der Waals surface area contributed by atoms with Crippen LogP contribution in [0, 0.1) is 0 Å². The maximum Gasteiger partial charge on any atom is 0.126 e. The van der Waals surface area contributed by atoms with Crippen molar-refractivity contribution in [2.24, 2.45) is 0 Å². The van der Waals surface area contributed by atoms with Gasteiger partial charge in [-0.2, -0.15) is 0 Å². The van der Waals surface area contributed by atoms with Crippen molar-refractivity contribution < 1.29 is 4.74 Å². The van der Waals surface area contributed by atoms with Crippen molar-refractivity contribution in [1.29, 1.82) is 0 Å². The van der Waals surface area contributed by atoms with Gasteiger partial charge in [0.2, 0.25) is 0 Å². The summed E-state index contributed by atoms with van der Waals surface area (Å²) in [5.74, 6) is 0.885. The Bertz CT molecular complexity index is 532. The van der Waals surface area contributed by atoms with E-state index in [2.05, 4.69) is 34.1 Å². The number of ether oxygens (including phenoxy) is 1. The minimum Gasteiger partial charge on any atom is -0.496 e. The zero-order chi connectivity index (χ0) is 12.1. The number of halogens is 1. The van der Waals surface area contributed by atoms with Crippen LogP contribution in [0.15, 0.2) is 53.0 Å². The van der Waals surface area contributed by atoms with Gasteiger partial charge in [-0.25, -0.2) is 0 Å². The molecule has 0 fully saturated rings. The van der Waals surface area contributed by atoms with Crippen LogP contribution in [-0.4, -0.2) is 7.11 Å². The largest absolute Gasteiger partial charge is 0.496 e. The van der Waals surface area contributed by atoms with Crippen molar-refractivity contribution in [3.63, 3.8) is 0 Å².